The van der Waals surface area contributed by atoms with Crippen LogP contribution in [0.25, 0.3) is 0 Å². The lowest BCUT2D eigenvalue weighted by Gasteiger charge is -2.25. The Morgan fingerprint density at radius 2 is 2.26 bits per heavy atom. The highest BCUT2D eigenvalue weighted by Gasteiger charge is 2.25. The zero-order valence-electron chi connectivity index (χ0n) is 13.4. The highest BCUT2D eigenvalue weighted by molar-refractivity contribution is 7.09. The van der Waals surface area contributed by atoms with Gasteiger partial charge in [-0.3, -0.25) is 4.79 Å². The molecule has 0 spiro atoms. The maximum atomic E-state index is 12.9. The van der Waals surface area contributed by atoms with E-state index in [1.54, 1.807) is 22.7 Å². The van der Waals surface area contributed by atoms with Crippen molar-refractivity contribution < 1.29 is 4.79 Å². The van der Waals surface area contributed by atoms with Crippen LogP contribution in [0.2, 0.25) is 0 Å². The Labute approximate surface area is 151 Å². The number of carbonyl (C=O) groups excluding carboxylic acids is 1. The normalized spacial score (nSPS) is 17.0. The standard InChI is InChI=1S/C16H21N3OS2.ClH/c1-11-8-21-9-14(11)16(20)19(6-13-3-4-17-5-13)7-15-12(2)18-10-22-15;/h8-10,13,17H,3-7H2,1-2H3;1H. The summed E-state index contributed by atoms with van der Waals surface area (Å²) in [6.07, 6.45) is 1.15. The van der Waals surface area contributed by atoms with Crippen molar-refractivity contribution in [2.24, 2.45) is 5.92 Å². The molecular weight excluding hydrogens is 350 g/mol. The molecule has 0 bridgehead atoms. The maximum absolute atomic E-state index is 12.9. The van der Waals surface area contributed by atoms with E-state index in [1.807, 2.05) is 35.0 Å². The minimum absolute atomic E-state index is 0. The lowest BCUT2D eigenvalue weighted by molar-refractivity contribution is 0.0720. The summed E-state index contributed by atoms with van der Waals surface area (Å²) < 4.78 is 0. The fourth-order valence-electron chi connectivity index (χ4n) is 2.80. The van der Waals surface area contributed by atoms with Crippen molar-refractivity contribution >= 4 is 41.0 Å². The Morgan fingerprint density at radius 1 is 1.43 bits per heavy atom. The average Bonchev–Trinajstić information content (AvgIpc) is 3.22. The molecule has 0 radical (unpaired) electrons. The quantitative estimate of drug-likeness (QED) is 0.874. The van der Waals surface area contributed by atoms with Crippen LogP contribution in [-0.2, 0) is 6.54 Å². The van der Waals surface area contributed by atoms with Crippen LogP contribution in [0.3, 0.4) is 0 Å². The van der Waals surface area contributed by atoms with Crippen LogP contribution in [0.15, 0.2) is 16.3 Å². The van der Waals surface area contributed by atoms with Crippen molar-refractivity contribution in [1.29, 1.82) is 0 Å². The third kappa shape index (κ3) is 4.32. The number of thiazole rings is 1. The first-order valence-corrected chi connectivity index (χ1v) is 9.39. The number of aryl methyl sites for hydroxylation is 2. The Hall–Kier alpha value is -0.950. The van der Waals surface area contributed by atoms with Crippen LogP contribution < -0.4 is 5.32 Å². The second-order valence-electron chi connectivity index (χ2n) is 5.87. The molecule has 3 heterocycles. The lowest BCUT2D eigenvalue weighted by Crippen LogP contribution is -2.35. The van der Waals surface area contributed by atoms with Gasteiger partial charge in [-0.05, 0) is 50.2 Å². The van der Waals surface area contributed by atoms with Gasteiger partial charge < -0.3 is 10.2 Å². The van der Waals surface area contributed by atoms with Gasteiger partial charge in [-0.2, -0.15) is 11.3 Å². The number of nitrogens with one attached hydrogen (secondary N) is 1. The Bertz CT molecular complexity index is 649. The van der Waals surface area contributed by atoms with Crippen molar-refractivity contribution in [2.75, 3.05) is 19.6 Å². The van der Waals surface area contributed by atoms with E-state index in [4.69, 9.17) is 0 Å². The van der Waals surface area contributed by atoms with Crippen molar-refractivity contribution in [3.8, 4) is 0 Å². The third-order valence-corrected chi connectivity index (χ3v) is 5.97. The van der Waals surface area contributed by atoms with Gasteiger partial charge in [-0.25, -0.2) is 4.98 Å². The van der Waals surface area contributed by atoms with Gasteiger partial charge in [0.05, 0.1) is 23.3 Å². The number of thiophene rings is 1. The molecule has 1 N–H and O–H groups in total. The van der Waals surface area contributed by atoms with Gasteiger partial charge in [0.15, 0.2) is 0 Å². The maximum Gasteiger partial charge on any atom is 0.255 e. The Morgan fingerprint density at radius 3 is 2.83 bits per heavy atom. The molecule has 0 aliphatic carbocycles. The molecule has 1 aliphatic heterocycles. The van der Waals surface area contributed by atoms with Gasteiger partial charge in [0.2, 0.25) is 0 Å². The summed E-state index contributed by atoms with van der Waals surface area (Å²) in [6, 6.07) is 0. The first-order valence-electron chi connectivity index (χ1n) is 7.57. The van der Waals surface area contributed by atoms with Crippen LogP contribution in [0.1, 0.15) is 32.9 Å². The second-order valence-corrected chi connectivity index (χ2v) is 7.56. The molecule has 2 aromatic heterocycles. The molecule has 23 heavy (non-hydrogen) atoms. The van der Waals surface area contributed by atoms with E-state index in [0.717, 1.165) is 42.9 Å². The van der Waals surface area contributed by atoms with Gasteiger partial charge in [0.1, 0.15) is 0 Å². The molecule has 0 aromatic carbocycles. The zero-order valence-corrected chi connectivity index (χ0v) is 15.8. The number of halogens is 1. The Balaban J connectivity index is 0.00000192. The van der Waals surface area contributed by atoms with Gasteiger partial charge in [-0.1, -0.05) is 0 Å². The SMILES string of the molecule is Cc1cscc1C(=O)N(Cc1scnc1C)CC1CCNC1.Cl. The lowest BCUT2D eigenvalue weighted by atomic mass is 10.1. The van der Waals surface area contributed by atoms with Gasteiger partial charge in [0.25, 0.3) is 5.91 Å². The predicted molar refractivity (Wildman–Crippen MR) is 98.9 cm³/mol. The van der Waals surface area contributed by atoms with Crippen LogP contribution in [-0.4, -0.2) is 35.4 Å². The van der Waals surface area contributed by atoms with Gasteiger partial charge in [-0.15, -0.1) is 23.7 Å². The Kier molecular flexibility index (Phi) is 6.59. The predicted octanol–water partition coefficient (Wildman–Crippen LogP) is 3.50. The number of nitrogens with zero attached hydrogens (tertiary/aromatic N) is 2. The summed E-state index contributed by atoms with van der Waals surface area (Å²) in [4.78, 5) is 20.5. The monoisotopic (exact) mass is 371 g/mol. The van der Waals surface area contributed by atoms with Gasteiger partial charge in [0, 0.05) is 16.8 Å². The third-order valence-electron chi connectivity index (χ3n) is 4.19. The van der Waals surface area contributed by atoms with E-state index in [9.17, 15) is 4.79 Å². The summed E-state index contributed by atoms with van der Waals surface area (Å²) in [6.45, 7) is 7.58. The van der Waals surface area contributed by atoms with Crippen molar-refractivity contribution in [3.05, 3.63) is 38.0 Å². The number of carbonyl (C=O) groups is 1. The fraction of sp³-hybridized carbons (Fsp3) is 0.500. The van der Waals surface area contributed by atoms with E-state index in [2.05, 4.69) is 10.3 Å². The molecule has 4 nitrogen and oxygen atoms in total. The van der Waals surface area contributed by atoms with E-state index in [0.29, 0.717) is 12.5 Å². The molecule has 1 unspecified atom stereocenters. The van der Waals surface area contributed by atoms with Gasteiger partial charge >= 0.3 is 0 Å². The van der Waals surface area contributed by atoms with Crippen LogP contribution in [0.4, 0.5) is 0 Å². The minimum atomic E-state index is 0. The molecule has 2 aromatic rings. The van der Waals surface area contributed by atoms with E-state index < -0.39 is 0 Å². The summed E-state index contributed by atoms with van der Waals surface area (Å²) in [5.41, 5.74) is 4.82. The van der Waals surface area contributed by atoms with Crippen molar-refractivity contribution in [2.45, 2.75) is 26.8 Å². The van der Waals surface area contributed by atoms with Crippen LogP contribution in [0, 0.1) is 19.8 Å². The summed E-state index contributed by atoms with van der Waals surface area (Å²) in [5, 5.41) is 7.40. The molecule has 1 aliphatic rings. The topological polar surface area (TPSA) is 45.2 Å². The fourth-order valence-corrected chi connectivity index (χ4v) is 4.42. The molecule has 1 saturated heterocycles. The first kappa shape index (κ1) is 18.4. The number of hydrogen-bond acceptors (Lipinski definition) is 5. The molecule has 1 amide bonds. The number of rotatable bonds is 5. The van der Waals surface area contributed by atoms with Crippen molar-refractivity contribution in [3.63, 3.8) is 0 Å². The summed E-state index contributed by atoms with van der Waals surface area (Å²) >= 11 is 3.23. The number of hydrogen-bond donors (Lipinski definition) is 1. The molecule has 1 atom stereocenters. The smallest absolute Gasteiger partial charge is 0.255 e. The van der Waals surface area contributed by atoms with E-state index >= 15 is 0 Å². The number of amides is 1. The summed E-state index contributed by atoms with van der Waals surface area (Å²) in [5.74, 6) is 0.703. The highest BCUT2D eigenvalue weighted by Crippen LogP contribution is 2.22. The van der Waals surface area contributed by atoms with Crippen molar-refractivity contribution in [1.82, 2.24) is 15.2 Å². The first-order chi connectivity index (χ1) is 10.6. The molecule has 3 rings (SSSR count). The summed E-state index contributed by atoms with van der Waals surface area (Å²) in [7, 11) is 0. The zero-order chi connectivity index (χ0) is 15.5. The molecule has 0 saturated carbocycles. The average molecular weight is 372 g/mol. The van der Waals surface area contributed by atoms with E-state index in [1.165, 1.54) is 4.88 Å². The second kappa shape index (κ2) is 8.24. The molecule has 1 fully saturated rings. The van der Waals surface area contributed by atoms with Crippen LogP contribution >= 0.6 is 35.1 Å². The van der Waals surface area contributed by atoms with Crippen LogP contribution in [0.5, 0.6) is 0 Å². The number of aromatic nitrogens is 1. The highest BCUT2D eigenvalue weighted by atomic mass is 35.5. The van der Waals surface area contributed by atoms with E-state index in [-0.39, 0.29) is 18.3 Å². The minimum Gasteiger partial charge on any atom is -0.333 e. The molecular formula is C16H22ClN3OS2. The largest absolute Gasteiger partial charge is 0.333 e. The molecule has 7 heteroatoms. The molecule has 126 valence electrons.